The molecule has 0 spiro atoms. The summed E-state index contributed by atoms with van der Waals surface area (Å²) in [6.07, 6.45) is -4.91. The SMILES string of the molecule is COC1[C@@H](O[C@@H]2O[C@H](C)[C@@H](O)[C@H](N(C)C)[C@H]2O)[C@@H](CC=O)C[C@@H](C)C(=O)/C=C/[C@H]2O[C@H]2C[C@@H](C)OC(=O)C[C@H]1OC(C)=O. The van der Waals surface area contributed by atoms with Crippen molar-refractivity contribution < 1.29 is 57.8 Å². The number of aliphatic hydroxyl groups is 2. The Kier molecular flexibility index (Phi) is 12.8. The first-order valence-electron chi connectivity index (χ1n) is 14.8. The maximum Gasteiger partial charge on any atom is 0.309 e. The van der Waals surface area contributed by atoms with Gasteiger partial charge in [-0.2, -0.15) is 0 Å². The first-order chi connectivity index (χ1) is 20.3. The zero-order valence-electron chi connectivity index (χ0n) is 26.0. The van der Waals surface area contributed by atoms with Gasteiger partial charge in [-0.3, -0.25) is 14.4 Å². The molecule has 2 saturated heterocycles. The van der Waals surface area contributed by atoms with Gasteiger partial charge in [-0.15, -0.1) is 0 Å². The van der Waals surface area contributed by atoms with E-state index in [1.54, 1.807) is 45.8 Å². The Hall–Kier alpha value is -2.26. The topological polar surface area (TPSA) is 171 Å². The molecule has 1 unspecified atom stereocenters. The Morgan fingerprint density at radius 1 is 1.09 bits per heavy atom. The normalized spacial score (nSPS) is 42.0. The maximum absolute atomic E-state index is 13.1. The Bertz CT molecular complexity index is 1000. The minimum Gasteiger partial charge on any atom is -0.462 e. The molecule has 2 N–H and O–H groups in total. The van der Waals surface area contributed by atoms with E-state index in [-0.39, 0.29) is 37.3 Å². The molecule has 244 valence electrons. The lowest BCUT2D eigenvalue weighted by Gasteiger charge is -2.46. The van der Waals surface area contributed by atoms with Crippen LogP contribution in [0.1, 0.15) is 53.4 Å². The Balaban J connectivity index is 2.05. The molecule has 0 saturated carbocycles. The molecule has 13 heteroatoms. The number of carbonyl (C=O) groups excluding carboxylic acids is 4. The van der Waals surface area contributed by atoms with E-state index in [0.717, 1.165) is 0 Å². The van der Waals surface area contributed by atoms with Gasteiger partial charge in [0.15, 0.2) is 12.1 Å². The predicted octanol–water partition coefficient (Wildman–Crippen LogP) is 0.565. The lowest BCUT2D eigenvalue weighted by molar-refractivity contribution is -0.309. The molecule has 2 fully saturated rings. The number of fused-ring (bicyclic) bond motifs is 1. The van der Waals surface area contributed by atoms with Crippen LogP contribution in [0.3, 0.4) is 0 Å². The van der Waals surface area contributed by atoms with Crippen molar-refractivity contribution in [3.05, 3.63) is 12.2 Å². The number of likely N-dealkylation sites (N-methyl/N-ethyl adjacent to an activating group) is 1. The van der Waals surface area contributed by atoms with Crippen molar-refractivity contribution in [2.24, 2.45) is 11.8 Å². The fraction of sp³-hybridized carbons (Fsp3) is 0.800. The third-order valence-corrected chi connectivity index (χ3v) is 8.32. The third kappa shape index (κ3) is 9.37. The highest BCUT2D eigenvalue weighted by Crippen LogP contribution is 2.34. The number of epoxide rings is 1. The van der Waals surface area contributed by atoms with Gasteiger partial charge < -0.3 is 48.3 Å². The van der Waals surface area contributed by atoms with Gasteiger partial charge in [-0.05, 0) is 52.4 Å². The number of aliphatic hydroxyl groups excluding tert-OH is 2. The van der Waals surface area contributed by atoms with Gasteiger partial charge in [0.05, 0.1) is 36.9 Å². The van der Waals surface area contributed by atoms with E-state index < -0.39 is 78.8 Å². The molecule has 0 amide bonds. The second-order valence-corrected chi connectivity index (χ2v) is 12.0. The molecular formula is C30H47NO12. The summed E-state index contributed by atoms with van der Waals surface area (Å²) in [6.45, 7) is 6.27. The van der Waals surface area contributed by atoms with Gasteiger partial charge in [-0.1, -0.05) is 6.92 Å². The van der Waals surface area contributed by atoms with E-state index in [9.17, 15) is 29.4 Å². The average molecular weight is 614 g/mol. The number of aldehydes is 1. The number of cyclic esters (lactones) is 1. The summed E-state index contributed by atoms with van der Waals surface area (Å²) in [5, 5.41) is 21.9. The van der Waals surface area contributed by atoms with Crippen LogP contribution in [0.15, 0.2) is 12.2 Å². The Morgan fingerprint density at radius 2 is 1.79 bits per heavy atom. The second kappa shape index (κ2) is 15.6. The summed E-state index contributed by atoms with van der Waals surface area (Å²) < 4.78 is 34.9. The molecule has 43 heavy (non-hydrogen) atoms. The highest BCUT2D eigenvalue weighted by atomic mass is 16.7. The molecule has 3 aliphatic rings. The van der Waals surface area contributed by atoms with Gasteiger partial charge in [0.1, 0.15) is 36.8 Å². The Morgan fingerprint density at radius 3 is 2.40 bits per heavy atom. The monoisotopic (exact) mass is 613 g/mol. The number of carbonyl (C=O) groups is 4. The number of ether oxygens (including phenoxy) is 6. The minimum absolute atomic E-state index is 0.0773. The number of rotatable bonds is 7. The van der Waals surface area contributed by atoms with Crippen molar-refractivity contribution in [3.8, 4) is 0 Å². The molecule has 0 radical (unpaired) electrons. The largest absolute Gasteiger partial charge is 0.462 e. The van der Waals surface area contributed by atoms with Crippen molar-refractivity contribution in [2.75, 3.05) is 21.2 Å². The number of esters is 2. The molecule has 3 aliphatic heterocycles. The maximum atomic E-state index is 13.1. The third-order valence-electron chi connectivity index (χ3n) is 8.32. The summed E-state index contributed by atoms with van der Waals surface area (Å²) >= 11 is 0. The van der Waals surface area contributed by atoms with Gasteiger partial charge in [0, 0.05) is 32.8 Å². The van der Waals surface area contributed by atoms with Gasteiger partial charge in [0.25, 0.3) is 0 Å². The van der Waals surface area contributed by atoms with Crippen LogP contribution in [-0.4, -0.2) is 128 Å². The Labute approximate surface area is 252 Å². The van der Waals surface area contributed by atoms with Crippen LogP contribution in [0.2, 0.25) is 0 Å². The van der Waals surface area contributed by atoms with E-state index in [1.165, 1.54) is 20.1 Å². The zero-order chi connectivity index (χ0) is 32.0. The smallest absolute Gasteiger partial charge is 0.309 e. The van der Waals surface area contributed by atoms with Gasteiger partial charge in [-0.25, -0.2) is 0 Å². The fourth-order valence-corrected chi connectivity index (χ4v) is 6.02. The van der Waals surface area contributed by atoms with Gasteiger partial charge in [0.2, 0.25) is 0 Å². The van der Waals surface area contributed by atoms with Crippen LogP contribution in [0.5, 0.6) is 0 Å². The van der Waals surface area contributed by atoms with E-state index >= 15 is 0 Å². The van der Waals surface area contributed by atoms with Crippen LogP contribution >= 0.6 is 0 Å². The average Bonchev–Trinajstić information content (AvgIpc) is 3.65. The molecule has 13 nitrogen and oxygen atoms in total. The van der Waals surface area contributed by atoms with Crippen molar-refractivity contribution in [1.29, 1.82) is 0 Å². The van der Waals surface area contributed by atoms with Crippen LogP contribution in [0.4, 0.5) is 0 Å². The number of allylic oxidation sites excluding steroid dienone is 1. The van der Waals surface area contributed by atoms with E-state index in [4.69, 9.17) is 28.4 Å². The van der Waals surface area contributed by atoms with E-state index in [2.05, 4.69) is 0 Å². The van der Waals surface area contributed by atoms with Crippen molar-refractivity contribution in [2.45, 2.75) is 121 Å². The fourth-order valence-electron chi connectivity index (χ4n) is 6.02. The lowest BCUT2D eigenvalue weighted by Crippen LogP contribution is -2.63. The number of hydrogen-bond donors (Lipinski definition) is 2. The minimum atomic E-state index is -1.33. The molecule has 3 rings (SSSR count). The van der Waals surface area contributed by atoms with Crippen LogP contribution in [0.25, 0.3) is 0 Å². The molecule has 0 bridgehead atoms. The molecule has 13 atom stereocenters. The molecule has 0 aromatic rings. The molecule has 0 aromatic heterocycles. The molecule has 0 aromatic carbocycles. The van der Waals surface area contributed by atoms with E-state index in [0.29, 0.717) is 12.7 Å². The van der Waals surface area contributed by atoms with Crippen LogP contribution < -0.4 is 0 Å². The van der Waals surface area contributed by atoms with Crippen molar-refractivity contribution in [3.63, 3.8) is 0 Å². The quantitative estimate of drug-likeness (QED) is 0.232. The standard InChI is InChI=1S/C30H47NO12/c1-15-12-19(10-11-32)28(43-30-27(37)25(31(5)6)26(36)17(3)40-30)29(38-7)23(41-18(4)33)14-24(35)39-16(2)13-22-21(42-22)9-8-20(15)34/h8-9,11,15-17,19,21-23,25-30,36-37H,10,12-14H2,1-7H3/b9-8+/t15-,16-,17-,19+,21-,22+,23-,25+,26-,27-,28+,29?,30+/m1/s1. The van der Waals surface area contributed by atoms with Crippen LogP contribution in [-0.2, 0) is 47.6 Å². The van der Waals surface area contributed by atoms with Gasteiger partial charge >= 0.3 is 11.9 Å². The molecule has 0 aliphatic carbocycles. The summed E-state index contributed by atoms with van der Waals surface area (Å²) in [5.41, 5.74) is 0. The molecular weight excluding hydrogens is 566 g/mol. The summed E-state index contributed by atoms with van der Waals surface area (Å²) in [6, 6.07) is -0.759. The highest BCUT2D eigenvalue weighted by Gasteiger charge is 2.48. The molecule has 3 heterocycles. The highest BCUT2D eigenvalue weighted by molar-refractivity contribution is 5.91. The lowest BCUT2D eigenvalue weighted by atomic mass is 9.83. The zero-order valence-corrected chi connectivity index (χ0v) is 26.0. The number of methoxy groups -OCH3 is 1. The number of nitrogens with zero attached hydrogens (tertiary/aromatic N) is 1. The van der Waals surface area contributed by atoms with E-state index in [1.807, 2.05) is 0 Å². The first kappa shape index (κ1) is 35.2. The van der Waals surface area contributed by atoms with Crippen molar-refractivity contribution in [1.82, 2.24) is 4.90 Å². The first-order valence-corrected chi connectivity index (χ1v) is 14.8. The number of hydrogen-bond acceptors (Lipinski definition) is 13. The second-order valence-electron chi connectivity index (χ2n) is 12.0. The summed E-state index contributed by atoms with van der Waals surface area (Å²) in [4.78, 5) is 52.0. The van der Waals surface area contributed by atoms with Crippen LogP contribution in [0, 0.1) is 11.8 Å². The van der Waals surface area contributed by atoms with Crippen molar-refractivity contribution >= 4 is 24.0 Å². The number of ketones is 1. The summed E-state index contributed by atoms with van der Waals surface area (Å²) in [5.74, 6) is -2.77. The predicted molar refractivity (Wildman–Crippen MR) is 151 cm³/mol. The summed E-state index contributed by atoms with van der Waals surface area (Å²) in [7, 11) is 4.74.